The third-order valence-electron chi connectivity index (χ3n) is 5.81. The van der Waals surface area contributed by atoms with Gasteiger partial charge in [-0.3, -0.25) is 0 Å². The maximum atomic E-state index is 15.7. The van der Waals surface area contributed by atoms with Gasteiger partial charge in [0.05, 0.1) is 11.1 Å². The molecule has 0 nitrogen and oxygen atoms in total. The molecule has 176 valence electrons. The molecule has 0 saturated heterocycles. The predicted octanol–water partition coefficient (Wildman–Crippen LogP) is 7.88. The molecule has 0 fully saturated rings. The van der Waals surface area contributed by atoms with Crippen LogP contribution in [0.3, 0.4) is 0 Å². The summed E-state index contributed by atoms with van der Waals surface area (Å²) in [4.78, 5) is 0. The minimum Gasteiger partial charge on any atom is -0.206 e. The zero-order chi connectivity index (χ0) is 25.1. The minimum atomic E-state index is -2.32. The first-order chi connectivity index (χ1) is 15.3. The van der Waals surface area contributed by atoms with E-state index in [1.54, 1.807) is 0 Å². The zero-order valence-electron chi connectivity index (χ0n) is 17.7. The Morgan fingerprint density at radius 2 is 0.818 bits per heavy atom. The quantitative estimate of drug-likeness (QED) is 0.150. The van der Waals surface area contributed by atoms with E-state index in [0.717, 1.165) is 27.7 Å². The van der Waals surface area contributed by atoms with Crippen molar-refractivity contribution in [2.24, 2.45) is 0 Å². The molecule has 0 spiro atoms. The summed E-state index contributed by atoms with van der Waals surface area (Å²) >= 11 is 0. The molecular formula is C23H16F9P. The van der Waals surface area contributed by atoms with Crippen LogP contribution in [0.2, 0.25) is 0 Å². The minimum absolute atomic E-state index is 0.167. The average molecular weight is 494 g/mol. The molecule has 0 heterocycles. The molecule has 0 bridgehead atoms. The number of hydrogen-bond donors (Lipinski definition) is 0. The van der Waals surface area contributed by atoms with Gasteiger partial charge in [0.2, 0.25) is 0 Å². The number of hydrogen-bond acceptors (Lipinski definition) is 0. The molecule has 3 aromatic carbocycles. The third kappa shape index (κ3) is 3.52. The highest BCUT2D eigenvalue weighted by atomic mass is 31.0. The summed E-state index contributed by atoms with van der Waals surface area (Å²) in [7, 11) is 2.09. The van der Waals surface area contributed by atoms with Crippen molar-refractivity contribution < 1.29 is 39.5 Å². The molecule has 0 aromatic heterocycles. The maximum Gasteiger partial charge on any atom is 0.198 e. The van der Waals surface area contributed by atoms with Gasteiger partial charge < -0.3 is 0 Å². The van der Waals surface area contributed by atoms with Gasteiger partial charge in [0, 0.05) is 16.7 Å². The van der Waals surface area contributed by atoms with Gasteiger partial charge in [-0.2, -0.15) is 0 Å². The van der Waals surface area contributed by atoms with Gasteiger partial charge in [0.15, 0.2) is 34.9 Å². The van der Waals surface area contributed by atoms with Gasteiger partial charge in [0.25, 0.3) is 0 Å². The molecule has 0 radical (unpaired) electrons. The number of benzene rings is 3. The normalized spacial score (nSPS) is 11.5. The average Bonchev–Trinajstić information content (AvgIpc) is 2.78. The van der Waals surface area contributed by atoms with Gasteiger partial charge in [-0.15, -0.1) is 9.24 Å². The lowest BCUT2D eigenvalue weighted by molar-refractivity contribution is 0.407. The molecular weight excluding hydrogens is 478 g/mol. The van der Waals surface area contributed by atoms with Crippen LogP contribution in [0.1, 0.15) is 27.8 Å². The van der Waals surface area contributed by atoms with E-state index < -0.39 is 85.7 Å². The van der Waals surface area contributed by atoms with Crippen LogP contribution < -0.4 is 0 Å². The maximum absolute atomic E-state index is 15.7. The fourth-order valence-corrected chi connectivity index (χ4v) is 4.25. The summed E-state index contributed by atoms with van der Waals surface area (Å²) in [6, 6.07) is 0. The van der Waals surface area contributed by atoms with E-state index in [4.69, 9.17) is 0 Å². The Morgan fingerprint density at radius 1 is 0.394 bits per heavy atom. The molecule has 0 N–H and O–H groups in total. The molecule has 0 aliphatic carbocycles. The summed E-state index contributed by atoms with van der Waals surface area (Å²) in [5, 5.41) is 0. The Bertz CT molecular complexity index is 1270. The second-order valence-corrected chi connectivity index (χ2v) is 7.92. The zero-order valence-corrected chi connectivity index (χ0v) is 18.8. The monoisotopic (exact) mass is 494 g/mol. The van der Waals surface area contributed by atoms with Crippen molar-refractivity contribution in [2.75, 3.05) is 0 Å². The van der Waals surface area contributed by atoms with Crippen LogP contribution >= 0.6 is 9.24 Å². The van der Waals surface area contributed by atoms with Gasteiger partial charge >= 0.3 is 0 Å². The van der Waals surface area contributed by atoms with Crippen molar-refractivity contribution >= 4 is 9.24 Å². The second-order valence-electron chi connectivity index (χ2n) is 7.51. The fraction of sp³-hybridized carbons (Fsp3) is 0.217. The summed E-state index contributed by atoms with van der Waals surface area (Å²) in [5.41, 5.74) is -7.27. The molecule has 1 atom stereocenters. The van der Waals surface area contributed by atoms with Crippen molar-refractivity contribution in [1.82, 2.24) is 0 Å². The van der Waals surface area contributed by atoms with Crippen LogP contribution in [-0.2, 0) is 6.16 Å². The van der Waals surface area contributed by atoms with E-state index in [1.165, 1.54) is 0 Å². The van der Waals surface area contributed by atoms with Gasteiger partial charge in [-0.05, 0) is 56.1 Å². The molecule has 0 aliphatic heterocycles. The van der Waals surface area contributed by atoms with E-state index >= 15 is 13.2 Å². The Hall–Kier alpha value is -2.54. The number of rotatable bonds is 3. The molecule has 3 aromatic rings. The van der Waals surface area contributed by atoms with E-state index in [0.29, 0.717) is 0 Å². The van der Waals surface area contributed by atoms with Crippen LogP contribution in [0.15, 0.2) is 0 Å². The van der Waals surface area contributed by atoms with Crippen molar-refractivity contribution in [1.29, 1.82) is 0 Å². The SMILES string of the molecule is Cc1c(C)c(-c2c(F)c(C)c(CP)c(F)c2F)c(F)c(-c2c(C)c(F)c(F)c(F)c2F)c1F. The molecule has 0 saturated carbocycles. The Balaban J connectivity index is 2.58. The van der Waals surface area contributed by atoms with E-state index in [-0.39, 0.29) is 22.9 Å². The Morgan fingerprint density at radius 3 is 1.36 bits per heavy atom. The second kappa shape index (κ2) is 8.67. The largest absolute Gasteiger partial charge is 0.206 e. The first-order valence-electron chi connectivity index (χ1n) is 9.46. The van der Waals surface area contributed by atoms with Gasteiger partial charge in [0.1, 0.15) is 17.5 Å². The smallest absolute Gasteiger partial charge is 0.198 e. The van der Waals surface area contributed by atoms with Crippen LogP contribution in [0, 0.1) is 80.0 Å². The van der Waals surface area contributed by atoms with Gasteiger partial charge in [-0.25, -0.2) is 39.5 Å². The van der Waals surface area contributed by atoms with Crippen molar-refractivity contribution in [3.63, 3.8) is 0 Å². The molecule has 0 amide bonds. The lowest BCUT2D eigenvalue weighted by Crippen LogP contribution is -2.11. The third-order valence-corrected chi connectivity index (χ3v) is 6.22. The van der Waals surface area contributed by atoms with Crippen LogP contribution in [0.5, 0.6) is 0 Å². The van der Waals surface area contributed by atoms with Gasteiger partial charge in [-0.1, -0.05) is 0 Å². The summed E-state index contributed by atoms with van der Waals surface area (Å²) in [6.45, 7) is 4.02. The predicted molar refractivity (Wildman–Crippen MR) is 109 cm³/mol. The lowest BCUT2D eigenvalue weighted by atomic mass is 9.87. The van der Waals surface area contributed by atoms with E-state index in [1.807, 2.05) is 0 Å². The fourth-order valence-electron chi connectivity index (χ4n) is 3.77. The van der Waals surface area contributed by atoms with E-state index in [2.05, 4.69) is 9.24 Å². The Kier molecular flexibility index (Phi) is 6.59. The van der Waals surface area contributed by atoms with Crippen LogP contribution in [0.4, 0.5) is 39.5 Å². The lowest BCUT2D eigenvalue weighted by Gasteiger charge is -2.21. The summed E-state index contributed by atoms with van der Waals surface area (Å²) in [6.07, 6.45) is -0.167. The molecule has 3 rings (SSSR count). The van der Waals surface area contributed by atoms with Crippen molar-refractivity contribution in [3.8, 4) is 22.3 Å². The highest BCUT2D eigenvalue weighted by Crippen LogP contribution is 2.44. The molecule has 33 heavy (non-hydrogen) atoms. The standard InChI is InChI=1S/C23H16F9P/c1-6-7(2)15(24)13(12-9(4)17(26)22(31)23(32)20(12)29)19(28)11(6)14-16(25)8(3)10(5-33)18(27)21(14)30/h5,33H2,1-4H3. The first kappa shape index (κ1) is 25.1. The summed E-state index contributed by atoms with van der Waals surface area (Å²) in [5.74, 6) is -16.4. The molecule has 1 unspecified atom stereocenters. The van der Waals surface area contributed by atoms with Crippen molar-refractivity contribution in [3.05, 3.63) is 80.2 Å². The van der Waals surface area contributed by atoms with Crippen molar-refractivity contribution in [2.45, 2.75) is 33.9 Å². The molecule has 0 aliphatic rings. The Labute approximate surface area is 185 Å². The summed E-state index contributed by atoms with van der Waals surface area (Å²) < 4.78 is 132. The highest BCUT2D eigenvalue weighted by Gasteiger charge is 2.33. The van der Waals surface area contributed by atoms with Crippen LogP contribution in [0.25, 0.3) is 22.3 Å². The highest BCUT2D eigenvalue weighted by molar-refractivity contribution is 7.15. The van der Waals surface area contributed by atoms with E-state index in [9.17, 15) is 26.3 Å². The topological polar surface area (TPSA) is 0 Å². The molecule has 10 heteroatoms. The number of halogens is 9. The first-order valence-corrected chi connectivity index (χ1v) is 10.3. The van der Waals surface area contributed by atoms with Crippen LogP contribution in [-0.4, -0.2) is 0 Å².